The van der Waals surface area contributed by atoms with Gasteiger partial charge in [-0.25, -0.2) is 0 Å². The summed E-state index contributed by atoms with van der Waals surface area (Å²) in [6.45, 7) is 2.13. The zero-order chi connectivity index (χ0) is 15.2. The van der Waals surface area contributed by atoms with Crippen LogP contribution in [0.3, 0.4) is 0 Å². The van der Waals surface area contributed by atoms with Gasteiger partial charge in [0.2, 0.25) is 0 Å². The Morgan fingerprint density at radius 1 is 1.24 bits per heavy atom. The molecule has 112 valence electrons. The van der Waals surface area contributed by atoms with Crippen LogP contribution in [0.4, 0.5) is 0 Å². The van der Waals surface area contributed by atoms with Gasteiger partial charge >= 0.3 is 0 Å². The van der Waals surface area contributed by atoms with Gasteiger partial charge in [0.25, 0.3) is 0 Å². The van der Waals surface area contributed by atoms with Gasteiger partial charge in [0.15, 0.2) is 0 Å². The summed E-state index contributed by atoms with van der Waals surface area (Å²) < 4.78 is 6.39. The molecule has 0 saturated carbocycles. The van der Waals surface area contributed by atoms with Crippen molar-refractivity contribution in [3.8, 4) is 5.75 Å². The third kappa shape index (κ3) is 4.50. The number of aryl methyl sites for hydroxylation is 1. The minimum atomic E-state index is 0.319. The Kier molecular flexibility index (Phi) is 6.15. The third-order valence-electron chi connectivity index (χ3n) is 3.41. The van der Waals surface area contributed by atoms with Crippen molar-refractivity contribution in [2.24, 2.45) is 0 Å². The molecule has 21 heavy (non-hydrogen) atoms. The van der Waals surface area contributed by atoms with Crippen molar-refractivity contribution >= 4 is 27.7 Å². The monoisotopic (exact) mass is 365 g/mol. The van der Waals surface area contributed by atoms with E-state index in [9.17, 15) is 0 Å². The van der Waals surface area contributed by atoms with E-state index in [2.05, 4.69) is 58.5 Å². The van der Waals surface area contributed by atoms with Gasteiger partial charge in [-0.15, -0.1) is 11.8 Å². The number of thioether (sulfide) groups is 1. The average molecular weight is 366 g/mol. The predicted molar refractivity (Wildman–Crippen MR) is 94.4 cm³/mol. The Morgan fingerprint density at radius 3 is 2.67 bits per heavy atom. The molecule has 2 nitrogen and oxygen atoms in total. The van der Waals surface area contributed by atoms with Crippen molar-refractivity contribution in [1.82, 2.24) is 5.32 Å². The number of halogens is 1. The normalized spacial score (nSPS) is 12.2. The fourth-order valence-corrected chi connectivity index (χ4v) is 3.87. The zero-order valence-electron chi connectivity index (χ0n) is 12.5. The van der Waals surface area contributed by atoms with E-state index in [0.29, 0.717) is 6.04 Å². The van der Waals surface area contributed by atoms with Crippen molar-refractivity contribution in [1.29, 1.82) is 0 Å². The van der Waals surface area contributed by atoms with Crippen molar-refractivity contribution < 1.29 is 4.74 Å². The summed E-state index contributed by atoms with van der Waals surface area (Å²) in [5.41, 5.74) is 2.57. The molecule has 0 heterocycles. The molecule has 2 rings (SSSR count). The van der Waals surface area contributed by atoms with Crippen LogP contribution in [0.25, 0.3) is 0 Å². The fraction of sp³-hybridized carbons (Fsp3) is 0.294. The second-order valence-electron chi connectivity index (χ2n) is 4.83. The first kappa shape index (κ1) is 16.4. The highest BCUT2D eigenvalue weighted by molar-refractivity contribution is 9.10. The van der Waals surface area contributed by atoms with Crippen molar-refractivity contribution in [3.63, 3.8) is 0 Å². The van der Waals surface area contributed by atoms with Crippen LogP contribution in [-0.4, -0.2) is 19.9 Å². The number of hydrogen-bond acceptors (Lipinski definition) is 3. The lowest BCUT2D eigenvalue weighted by molar-refractivity contribution is 0.414. The summed E-state index contributed by atoms with van der Waals surface area (Å²) in [5.74, 6) is 1.89. The van der Waals surface area contributed by atoms with Crippen molar-refractivity contribution in [2.75, 3.05) is 19.9 Å². The van der Waals surface area contributed by atoms with Crippen LogP contribution in [0.1, 0.15) is 17.2 Å². The van der Waals surface area contributed by atoms with Crippen LogP contribution in [0, 0.1) is 6.92 Å². The van der Waals surface area contributed by atoms with E-state index in [0.717, 1.165) is 16.0 Å². The second kappa shape index (κ2) is 7.87. The van der Waals surface area contributed by atoms with Crippen LogP contribution in [0.15, 0.2) is 51.8 Å². The molecule has 0 fully saturated rings. The molecule has 0 saturated heterocycles. The van der Waals surface area contributed by atoms with E-state index in [1.807, 2.05) is 30.9 Å². The SMILES string of the molecule is CNC(CSc1cccc(Br)c1)c1ccc(OC)cc1C. The first-order valence-corrected chi connectivity index (χ1v) is 8.62. The van der Waals surface area contributed by atoms with Gasteiger partial charge in [-0.2, -0.15) is 0 Å². The van der Waals surface area contributed by atoms with Crippen LogP contribution in [0.2, 0.25) is 0 Å². The Balaban J connectivity index is 2.09. The molecule has 1 unspecified atom stereocenters. The van der Waals surface area contributed by atoms with Gasteiger partial charge in [-0.1, -0.05) is 28.1 Å². The maximum Gasteiger partial charge on any atom is 0.119 e. The van der Waals surface area contributed by atoms with Crippen molar-refractivity contribution in [3.05, 3.63) is 58.1 Å². The molecule has 4 heteroatoms. The van der Waals surface area contributed by atoms with Gasteiger partial charge < -0.3 is 10.1 Å². The number of nitrogens with one attached hydrogen (secondary N) is 1. The maximum absolute atomic E-state index is 5.28. The maximum atomic E-state index is 5.28. The van der Waals surface area contributed by atoms with Crippen LogP contribution < -0.4 is 10.1 Å². The van der Waals surface area contributed by atoms with Gasteiger partial charge in [0.1, 0.15) is 5.75 Å². The first-order chi connectivity index (χ1) is 10.1. The molecule has 0 amide bonds. The number of methoxy groups -OCH3 is 1. The molecule has 0 aliphatic rings. The molecule has 0 bridgehead atoms. The average Bonchev–Trinajstić information content (AvgIpc) is 2.49. The predicted octanol–water partition coefficient (Wildman–Crippen LogP) is 4.82. The summed E-state index contributed by atoms with van der Waals surface area (Å²) in [7, 11) is 3.71. The van der Waals surface area contributed by atoms with Gasteiger partial charge in [0.05, 0.1) is 7.11 Å². The molecule has 2 aromatic carbocycles. The summed E-state index contributed by atoms with van der Waals surface area (Å²) >= 11 is 5.37. The lowest BCUT2D eigenvalue weighted by Crippen LogP contribution is -2.19. The largest absolute Gasteiger partial charge is 0.497 e. The lowest BCUT2D eigenvalue weighted by Gasteiger charge is -2.19. The van der Waals surface area contributed by atoms with E-state index < -0.39 is 0 Å². The molecule has 0 aliphatic carbocycles. The fourth-order valence-electron chi connectivity index (χ4n) is 2.23. The molecule has 1 N–H and O–H groups in total. The minimum absolute atomic E-state index is 0.319. The van der Waals surface area contributed by atoms with Crippen LogP contribution in [0.5, 0.6) is 5.75 Å². The third-order valence-corrected chi connectivity index (χ3v) is 4.99. The summed E-state index contributed by atoms with van der Waals surface area (Å²) in [6.07, 6.45) is 0. The topological polar surface area (TPSA) is 21.3 Å². The van der Waals surface area contributed by atoms with E-state index in [-0.39, 0.29) is 0 Å². The highest BCUT2D eigenvalue weighted by Gasteiger charge is 2.13. The Bertz CT molecular complexity index is 603. The Morgan fingerprint density at radius 2 is 2.05 bits per heavy atom. The van der Waals surface area contributed by atoms with Crippen LogP contribution in [-0.2, 0) is 0 Å². The van der Waals surface area contributed by atoms with E-state index in [1.54, 1.807) is 7.11 Å². The van der Waals surface area contributed by atoms with E-state index >= 15 is 0 Å². The Hall–Kier alpha value is -0.970. The number of rotatable bonds is 6. The quantitative estimate of drug-likeness (QED) is 0.741. The zero-order valence-corrected chi connectivity index (χ0v) is 14.9. The molecular formula is C17H20BrNOS. The van der Waals surface area contributed by atoms with Crippen molar-refractivity contribution in [2.45, 2.75) is 17.9 Å². The Labute approximate surface area is 139 Å². The van der Waals surface area contributed by atoms with Gasteiger partial charge in [-0.3, -0.25) is 0 Å². The molecular weight excluding hydrogens is 346 g/mol. The molecule has 0 radical (unpaired) electrons. The number of benzene rings is 2. The minimum Gasteiger partial charge on any atom is -0.497 e. The van der Waals surface area contributed by atoms with Gasteiger partial charge in [0, 0.05) is 21.2 Å². The first-order valence-electron chi connectivity index (χ1n) is 6.84. The molecule has 0 aromatic heterocycles. The van der Waals surface area contributed by atoms with Crippen LogP contribution >= 0.6 is 27.7 Å². The summed E-state index contributed by atoms with van der Waals surface area (Å²) in [5, 5.41) is 3.41. The molecule has 1 atom stereocenters. The van der Waals surface area contributed by atoms with E-state index in [4.69, 9.17) is 4.74 Å². The standard InChI is InChI=1S/C17H20BrNOS/c1-12-9-14(20-3)7-8-16(12)17(19-2)11-21-15-6-4-5-13(18)10-15/h4-10,17,19H,11H2,1-3H3. The molecule has 0 aliphatic heterocycles. The molecule has 0 spiro atoms. The second-order valence-corrected chi connectivity index (χ2v) is 6.84. The molecule has 2 aromatic rings. The van der Waals surface area contributed by atoms with E-state index in [1.165, 1.54) is 16.0 Å². The lowest BCUT2D eigenvalue weighted by atomic mass is 10.0. The smallest absolute Gasteiger partial charge is 0.119 e. The highest BCUT2D eigenvalue weighted by atomic mass is 79.9. The summed E-state index contributed by atoms with van der Waals surface area (Å²) in [6, 6.07) is 15.0. The van der Waals surface area contributed by atoms with Gasteiger partial charge in [-0.05, 0) is 55.4 Å². The summed E-state index contributed by atoms with van der Waals surface area (Å²) in [4.78, 5) is 1.27. The number of ether oxygens (including phenoxy) is 1. The number of hydrogen-bond donors (Lipinski definition) is 1. The highest BCUT2D eigenvalue weighted by Crippen LogP contribution is 2.29.